The minimum Gasteiger partial charge on any atom is -0.342 e. The van der Waals surface area contributed by atoms with Crippen LogP contribution in [0.5, 0.6) is 0 Å². The maximum atomic E-state index is 12.9. The molecular formula is C19H22FNO. The molecule has 0 saturated heterocycles. The topological polar surface area (TPSA) is 22.0 Å². The van der Waals surface area contributed by atoms with Gasteiger partial charge in [-0.05, 0) is 68.4 Å². The molecule has 0 N–H and O–H groups in total. The summed E-state index contributed by atoms with van der Waals surface area (Å²) in [7, 11) is 0. The summed E-state index contributed by atoms with van der Waals surface area (Å²) in [5.41, 5.74) is 4.23. The molecular weight excluding hydrogens is 277 g/mol. The number of carbonyl (C=O) groups is 1. The van der Waals surface area contributed by atoms with E-state index in [1.54, 1.807) is 12.1 Å². The number of halogens is 1. The molecule has 0 atom stereocenters. The monoisotopic (exact) mass is 299 g/mol. The summed E-state index contributed by atoms with van der Waals surface area (Å²) in [6.07, 6.45) is 3.69. The normalized spacial score (nSPS) is 14.3. The largest absolute Gasteiger partial charge is 0.342 e. The van der Waals surface area contributed by atoms with Crippen molar-refractivity contribution in [3.8, 4) is 0 Å². The van der Waals surface area contributed by atoms with E-state index in [0.717, 1.165) is 23.7 Å². The van der Waals surface area contributed by atoms with Crippen molar-refractivity contribution in [2.45, 2.75) is 46.1 Å². The van der Waals surface area contributed by atoms with Crippen molar-refractivity contribution >= 4 is 5.78 Å². The third kappa shape index (κ3) is 3.29. The predicted octanol–water partition coefficient (Wildman–Crippen LogP) is 4.47. The molecule has 1 aromatic heterocycles. The molecule has 22 heavy (non-hydrogen) atoms. The van der Waals surface area contributed by atoms with Crippen molar-refractivity contribution in [1.82, 2.24) is 4.57 Å². The van der Waals surface area contributed by atoms with Crippen LogP contribution in [0.15, 0.2) is 30.3 Å². The van der Waals surface area contributed by atoms with Gasteiger partial charge in [0.1, 0.15) is 5.82 Å². The summed E-state index contributed by atoms with van der Waals surface area (Å²) in [6, 6.07) is 8.42. The van der Waals surface area contributed by atoms with Crippen LogP contribution in [0.2, 0.25) is 0 Å². The molecule has 3 rings (SSSR count). The second-order valence-corrected chi connectivity index (χ2v) is 6.40. The summed E-state index contributed by atoms with van der Waals surface area (Å²) < 4.78 is 15.1. The number of Topliss-reactive ketones (excluding diaryl/α,β-unsaturated/α-hetero) is 1. The summed E-state index contributed by atoms with van der Waals surface area (Å²) in [5, 5.41) is 0. The van der Waals surface area contributed by atoms with Crippen LogP contribution < -0.4 is 0 Å². The number of carbonyl (C=O) groups excluding carboxylic acids is 1. The van der Waals surface area contributed by atoms with Gasteiger partial charge in [0.2, 0.25) is 0 Å². The van der Waals surface area contributed by atoms with E-state index in [1.807, 2.05) is 6.07 Å². The Bertz CT molecular complexity index is 680. The number of benzene rings is 1. The molecule has 0 amide bonds. The van der Waals surface area contributed by atoms with Crippen molar-refractivity contribution in [2.75, 3.05) is 0 Å². The molecule has 1 aliphatic rings. The van der Waals surface area contributed by atoms with Crippen LogP contribution in [0.3, 0.4) is 0 Å². The van der Waals surface area contributed by atoms with Gasteiger partial charge in [-0.15, -0.1) is 0 Å². The first-order valence-corrected chi connectivity index (χ1v) is 7.99. The first-order chi connectivity index (χ1) is 10.5. The van der Waals surface area contributed by atoms with Gasteiger partial charge in [0.15, 0.2) is 5.78 Å². The van der Waals surface area contributed by atoms with Crippen LogP contribution >= 0.6 is 0 Å². The number of aryl methyl sites for hydroxylation is 2. The third-order valence-corrected chi connectivity index (χ3v) is 4.60. The molecule has 0 aliphatic heterocycles. The van der Waals surface area contributed by atoms with Gasteiger partial charge in [-0.1, -0.05) is 12.1 Å². The van der Waals surface area contributed by atoms with Crippen LogP contribution in [0.4, 0.5) is 4.39 Å². The van der Waals surface area contributed by atoms with Crippen molar-refractivity contribution in [3.63, 3.8) is 0 Å². The van der Waals surface area contributed by atoms with E-state index in [9.17, 15) is 9.18 Å². The lowest BCUT2D eigenvalue weighted by molar-refractivity contribution is 0.0973. The fourth-order valence-corrected chi connectivity index (χ4v) is 2.84. The first-order valence-electron chi connectivity index (χ1n) is 7.99. The van der Waals surface area contributed by atoms with E-state index in [-0.39, 0.29) is 11.6 Å². The predicted molar refractivity (Wildman–Crippen MR) is 85.7 cm³/mol. The summed E-state index contributed by atoms with van der Waals surface area (Å²) in [5.74, 6) is 0.690. The number of hydrogen-bond donors (Lipinski definition) is 0. The van der Waals surface area contributed by atoms with Crippen LogP contribution in [-0.4, -0.2) is 10.4 Å². The molecule has 0 spiro atoms. The molecule has 116 valence electrons. The quantitative estimate of drug-likeness (QED) is 0.721. The van der Waals surface area contributed by atoms with E-state index in [1.165, 1.54) is 36.2 Å². The SMILES string of the molecule is Cc1cc(C(=O)CCc2ccc(F)cc2)n(CC2CC2)c1C. The molecule has 1 heterocycles. The molecule has 1 aliphatic carbocycles. The second kappa shape index (κ2) is 6.07. The Morgan fingerprint density at radius 3 is 2.55 bits per heavy atom. The molecule has 1 saturated carbocycles. The van der Waals surface area contributed by atoms with Gasteiger partial charge in [-0.3, -0.25) is 4.79 Å². The number of aromatic nitrogens is 1. The van der Waals surface area contributed by atoms with Crippen LogP contribution in [0.1, 0.15) is 46.6 Å². The Morgan fingerprint density at radius 1 is 1.23 bits per heavy atom. The highest BCUT2D eigenvalue weighted by Gasteiger charge is 2.25. The highest BCUT2D eigenvalue weighted by Crippen LogP contribution is 2.32. The average molecular weight is 299 g/mol. The van der Waals surface area contributed by atoms with Crippen LogP contribution in [-0.2, 0) is 13.0 Å². The van der Waals surface area contributed by atoms with E-state index in [0.29, 0.717) is 12.8 Å². The van der Waals surface area contributed by atoms with Crippen LogP contribution in [0.25, 0.3) is 0 Å². The molecule has 2 nitrogen and oxygen atoms in total. The Hall–Kier alpha value is -1.90. The van der Waals surface area contributed by atoms with Gasteiger partial charge >= 0.3 is 0 Å². The van der Waals surface area contributed by atoms with Gasteiger partial charge in [-0.25, -0.2) is 4.39 Å². The zero-order valence-corrected chi connectivity index (χ0v) is 13.2. The van der Waals surface area contributed by atoms with E-state index < -0.39 is 0 Å². The molecule has 0 unspecified atom stereocenters. The third-order valence-electron chi connectivity index (χ3n) is 4.60. The summed E-state index contributed by atoms with van der Waals surface area (Å²) >= 11 is 0. The van der Waals surface area contributed by atoms with Gasteiger partial charge in [-0.2, -0.15) is 0 Å². The number of nitrogens with zero attached hydrogens (tertiary/aromatic N) is 1. The van der Waals surface area contributed by atoms with E-state index >= 15 is 0 Å². The number of rotatable bonds is 6. The van der Waals surface area contributed by atoms with Crippen molar-refractivity contribution < 1.29 is 9.18 Å². The maximum Gasteiger partial charge on any atom is 0.179 e. The Labute approximate surface area is 131 Å². The lowest BCUT2D eigenvalue weighted by Gasteiger charge is -2.10. The molecule has 1 fully saturated rings. The van der Waals surface area contributed by atoms with E-state index in [2.05, 4.69) is 18.4 Å². The lowest BCUT2D eigenvalue weighted by atomic mass is 10.1. The Balaban J connectivity index is 1.71. The van der Waals surface area contributed by atoms with Gasteiger partial charge in [0.25, 0.3) is 0 Å². The van der Waals surface area contributed by atoms with Crippen molar-refractivity contribution in [1.29, 1.82) is 0 Å². The highest BCUT2D eigenvalue weighted by molar-refractivity contribution is 5.95. The van der Waals surface area contributed by atoms with Gasteiger partial charge in [0, 0.05) is 18.7 Å². The highest BCUT2D eigenvalue weighted by atomic mass is 19.1. The molecule has 0 radical (unpaired) electrons. The number of hydrogen-bond acceptors (Lipinski definition) is 1. The lowest BCUT2D eigenvalue weighted by Crippen LogP contribution is -2.12. The standard InChI is InChI=1S/C19H22FNO/c1-13-11-18(21(14(13)2)12-16-3-4-16)19(22)10-7-15-5-8-17(20)9-6-15/h5-6,8-9,11,16H,3-4,7,10,12H2,1-2H3. The molecule has 0 bridgehead atoms. The maximum absolute atomic E-state index is 12.9. The second-order valence-electron chi connectivity index (χ2n) is 6.40. The smallest absolute Gasteiger partial charge is 0.179 e. The average Bonchev–Trinajstić information content (AvgIpc) is 3.28. The van der Waals surface area contributed by atoms with Crippen molar-refractivity contribution in [3.05, 3.63) is 58.7 Å². The summed E-state index contributed by atoms with van der Waals surface area (Å²) in [4.78, 5) is 12.6. The van der Waals surface area contributed by atoms with Crippen molar-refractivity contribution in [2.24, 2.45) is 5.92 Å². The van der Waals surface area contributed by atoms with Gasteiger partial charge < -0.3 is 4.57 Å². The molecule has 2 aromatic rings. The zero-order chi connectivity index (χ0) is 15.7. The molecule has 1 aromatic carbocycles. The zero-order valence-electron chi connectivity index (χ0n) is 13.2. The number of ketones is 1. The Kier molecular flexibility index (Phi) is 4.14. The fraction of sp³-hybridized carbons (Fsp3) is 0.421. The summed E-state index contributed by atoms with van der Waals surface area (Å²) in [6.45, 7) is 5.13. The van der Waals surface area contributed by atoms with E-state index in [4.69, 9.17) is 0 Å². The minimum absolute atomic E-state index is 0.182. The van der Waals surface area contributed by atoms with Gasteiger partial charge in [0.05, 0.1) is 5.69 Å². The molecule has 3 heteroatoms. The van der Waals surface area contributed by atoms with Crippen LogP contribution in [0, 0.1) is 25.6 Å². The first kappa shape index (κ1) is 15.0. The Morgan fingerprint density at radius 2 is 1.91 bits per heavy atom. The fourth-order valence-electron chi connectivity index (χ4n) is 2.84. The minimum atomic E-state index is -0.236.